The summed E-state index contributed by atoms with van der Waals surface area (Å²) in [5, 5.41) is 2.89. The van der Waals surface area contributed by atoms with Gasteiger partial charge in [-0.25, -0.2) is 19.9 Å². The molecule has 0 unspecified atom stereocenters. The minimum absolute atomic E-state index is 0.149. The number of aromatic nitrogens is 4. The van der Waals surface area contributed by atoms with Crippen LogP contribution in [0.5, 0.6) is 0 Å². The number of hydrogen-bond acceptors (Lipinski definition) is 5. The molecule has 9 heteroatoms. The Labute approximate surface area is 210 Å². The lowest BCUT2D eigenvalue weighted by Gasteiger charge is -2.13. The summed E-state index contributed by atoms with van der Waals surface area (Å²) in [7, 11) is 0. The van der Waals surface area contributed by atoms with Crippen molar-refractivity contribution in [3.63, 3.8) is 0 Å². The van der Waals surface area contributed by atoms with E-state index in [2.05, 4.69) is 32.1 Å². The molecule has 0 atom stereocenters. The number of hydrogen-bond donors (Lipinski definition) is 0. The molecule has 0 radical (unpaired) electrons. The Morgan fingerprint density at radius 1 is 0.636 bits per heavy atom. The molecule has 0 amide bonds. The average Bonchev–Trinajstić information content (AvgIpc) is 3.66. The summed E-state index contributed by atoms with van der Waals surface area (Å²) < 4.78 is 6.12. The van der Waals surface area contributed by atoms with Gasteiger partial charge in [-0.3, -0.25) is 0 Å². The van der Waals surface area contributed by atoms with E-state index in [-0.39, 0.29) is 10.6 Å². The van der Waals surface area contributed by atoms with E-state index in [9.17, 15) is 0 Å². The van der Waals surface area contributed by atoms with E-state index in [1.54, 1.807) is 0 Å². The van der Waals surface area contributed by atoms with Gasteiger partial charge in [0.2, 0.25) is 10.6 Å². The molecule has 2 fully saturated rings. The lowest BCUT2D eigenvalue weighted by molar-refractivity contribution is 0.107. The monoisotopic (exact) mass is 518 g/mol. The van der Waals surface area contributed by atoms with Crippen LogP contribution in [-0.2, 0) is 18.0 Å². The highest BCUT2D eigenvalue weighted by Gasteiger charge is 2.29. The van der Waals surface area contributed by atoms with Gasteiger partial charge in [0.05, 0.1) is 24.2 Å². The van der Waals surface area contributed by atoms with Crippen molar-refractivity contribution >= 4 is 68.2 Å². The lowest BCUT2D eigenvalue weighted by Crippen LogP contribution is -2.00. The zero-order valence-corrected chi connectivity index (χ0v) is 20.4. The molecule has 168 valence electrons. The van der Waals surface area contributed by atoms with Gasteiger partial charge in [0.1, 0.15) is 10.3 Å². The van der Waals surface area contributed by atoms with Gasteiger partial charge in [0, 0.05) is 10.8 Å². The van der Waals surface area contributed by atoms with Crippen molar-refractivity contribution in [3.05, 3.63) is 67.4 Å². The molecule has 5 nitrogen and oxygen atoms in total. The maximum Gasteiger partial charge on any atom is 0.224 e. The van der Waals surface area contributed by atoms with Gasteiger partial charge in [-0.1, -0.05) is 35.3 Å². The Balaban J connectivity index is 1.28. The summed E-state index contributed by atoms with van der Waals surface area (Å²) >= 11 is 24.9. The van der Waals surface area contributed by atoms with Gasteiger partial charge in [-0.2, -0.15) is 0 Å². The van der Waals surface area contributed by atoms with Crippen LogP contribution in [0.2, 0.25) is 20.9 Å². The number of benzene rings is 2. The summed E-state index contributed by atoms with van der Waals surface area (Å²) in [4.78, 5) is 17.1. The van der Waals surface area contributed by atoms with Gasteiger partial charge in [0.15, 0.2) is 0 Å². The second kappa shape index (κ2) is 8.47. The third-order valence-corrected chi connectivity index (χ3v) is 7.09. The summed E-state index contributed by atoms with van der Waals surface area (Å²) in [6.45, 7) is 0.883. The third-order valence-electron chi connectivity index (χ3n) is 6.21. The summed E-state index contributed by atoms with van der Waals surface area (Å²) in [5.74, 6) is 0.982. The molecule has 6 rings (SSSR count). The molecular weight excluding hydrogens is 502 g/mol. The second-order valence-corrected chi connectivity index (χ2v) is 10.2. The standard InChI is InChI=1S/C24H18Cl4N4O/c25-21-19-15(13-1-2-13)5-11(7-17(19)29-23(27)31-21)9-33-10-12-6-16(14-3-4-14)20-18(8-12)30-24(28)32-22(20)26/h5-8,13-14H,1-4,9-10H2. The Kier molecular flexibility index (Phi) is 5.58. The van der Waals surface area contributed by atoms with Crippen molar-refractivity contribution in [1.29, 1.82) is 0 Å². The topological polar surface area (TPSA) is 60.8 Å². The van der Waals surface area contributed by atoms with Gasteiger partial charge in [0.25, 0.3) is 0 Å². The van der Waals surface area contributed by atoms with Crippen LogP contribution in [0.1, 0.15) is 59.8 Å². The molecular formula is C24H18Cl4N4O. The number of ether oxygens (including phenoxy) is 1. The number of nitrogens with zero attached hydrogens (tertiary/aromatic N) is 4. The first-order chi connectivity index (χ1) is 16.0. The summed E-state index contributed by atoms with van der Waals surface area (Å²) in [6, 6.07) is 8.27. The lowest BCUT2D eigenvalue weighted by atomic mass is 10.0. The van der Waals surface area contributed by atoms with Gasteiger partial charge in [-0.05, 0) is 95.1 Å². The van der Waals surface area contributed by atoms with Crippen molar-refractivity contribution in [2.45, 2.75) is 50.7 Å². The molecule has 2 heterocycles. The maximum atomic E-state index is 6.40. The Bertz CT molecular complexity index is 1310. The van der Waals surface area contributed by atoms with E-state index >= 15 is 0 Å². The van der Waals surface area contributed by atoms with Crippen LogP contribution in [0.4, 0.5) is 0 Å². The largest absolute Gasteiger partial charge is 0.372 e. The van der Waals surface area contributed by atoms with Crippen molar-refractivity contribution in [3.8, 4) is 0 Å². The molecule has 2 aliphatic rings. The molecule has 2 aromatic heterocycles. The van der Waals surface area contributed by atoms with Gasteiger partial charge >= 0.3 is 0 Å². The summed E-state index contributed by atoms with van der Waals surface area (Å²) in [5.41, 5.74) is 5.93. The summed E-state index contributed by atoms with van der Waals surface area (Å²) in [6.07, 6.45) is 4.58. The van der Waals surface area contributed by atoms with Crippen molar-refractivity contribution in [2.75, 3.05) is 0 Å². The molecule has 2 aromatic carbocycles. The SMILES string of the molecule is Clc1nc(Cl)c2c(C3CC3)cc(COCc3cc(C4CC4)c4c(Cl)nc(Cl)nc4c3)cc2n1. The molecule has 2 saturated carbocycles. The van der Waals surface area contributed by atoms with E-state index in [4.69, 9.17) is 51.1 Å². The van der Waals surface area contributed by atoms with E-state index in [0.717, 1.165) is 58.6 Å². The van der Waals surface area contributed by atoms with Crippen LogP contribution in [0.3, 0.4) is 0 Å². The Hall–Kier alpha value is -1.76. The normalized spacial score (nSPS) is 16.1. The number of fused-ring (bicyclic) bond motifs is 2. The predicted molar refractivity (Wildman–Crippen MR) is 132 cm³/mol. The molecule has 33 heavy (non-hydrogen) atoms. The third kappa shape index (κ3) is 4.38. The molecule has 0 N–H and O–H groups in total. The van der Waals surface area contributed by atoms with Crippen LogP contribution >= 0.6 is 46.4 Å². The highest BCUT2D eigenvalue weighted by atomic mass is 35.5. The molecule has 4 aromatic rings. The van der Waals surface area contributed by atoms with Crippen LogP contribution in [0.15, 0.2) is 24.3 Å². The van der Waals surface area contributed by atoms with Gasteiger partial charge in [-0.15, -0.1) is 0 Å². The molecule has 0 spiro atoms. The first-order valence-electron chi connectivity index (χ1n) is 10.8. The minimum Gasteiger partial charge on any atom is -0.372 e. The second-order valence-electron chi connectivity index (χ2n) is 8.77. The first kappa shape index (κ1) is 21.8. The quantitative estimate of drug-likeness (QED) is 0.193. The number of halogens is 4. The van der Waals surface area contributed by atoms with E-state index in [1.807, 2.05) is 12.1 Å². The fraction of sp³-hybridized carbons (Fsp3) is 0.333. The fourth-order valence-electron chi connectivity index (χ4n) is 4.45. The van der Waals surface area contributed by atoms with E-state index in [0.29, 0.717) is 35.4 Å². The Morgan fingerprint density at radius 3 is 1.45 bits per heavy atom. The Morgan fingerprint density at radius 2 is 1.06 bits per heavy atom. The van der Waals surface area contributed by atoms with Crippen LogP contribution in [0, 0.1) is 0 Å². The smallest absolute Gasteiger partial charge is 0.224 e. The van der Waals surface area contributed by atoms with Crippen molar-refractivity contribution in [2.24, 2.45) is 0 Å². The minimum atomic E-state index is 0.149. The molecule has 0 aliphatic heterocycles. The van der Waals surface area contributed by atoms with Crippen LogP contribution in [-0.4, -0.2) is 19.9 Å². The highest BCUT2D eigenvalue weighted by molar-refractivity contribution is 6.36. The number of rotatable bonds is 6. The van der Waals surface area contributed by atoms with Crippen LogP contribution in [0.25, 0.3) is 21.8 Å². The van der Waals surface area contributed by atoms with Crippen molar-refractivity contribution in [1.82, 2.24) is 19.9 Å². The van der Waals surface area contributed by atoms with E-state index < -0.39 is 0 Å². The van der Waals surface area contributed by atoms with Crippen LogP contribution < -0.4 is 0 Å². The highest BCUT2D eigenvalue weighted by Crippen LogP contribution is 2.46. The molecule has 0 saturated heterocycles. The van der Waals surface area contributed by atoms with Crippen molar-refractivity contribution < 1.29 is 4.74 Å². The maximum absolute atomic E-state index is 6.40. The molecule has 0 bridgehead atoms. The van der Waals surface area contributed by atoms with Gasteiger partial charge < -0.3 is 4.74 Å². The predicted octanol–water partition coefficient (Wildman–Crippen LogP) is 7.66. The average molecular weight is 520 g/mol. The first-order valence-corrected chi connectivity index (χ1v) is 12.4. The fourth-order valence-corrected chi connectivity index (χ4v) is 5.46. The van der Waals surface area contributed by atoms with E-state index in [1.165, 1.54) is 11.1 Å². The molecule has 2 aliphatic carbocycles. The zero-order valence-electron chi connectivity index (χ0n) is 17.4. The zero-order chi connectivity index (χ0) is 22.7.